The zero-order chi connectivity index (χ0) is 13.9. The van der Waals surface area contributed by atoms with Crippen molar-refractivity contribution in [3.63, 3.8) is 0 Å². The van der Waals surface area contributed by atoms with Crippen LogP contribution in [-0.4, -0.2) is 56.9 Å². The van der Waals surface area contributed by atoms with E-state index in [4.69, 9.17) is 22.1 Å². The van der Waals surface area contributed by atoms with E-state index in [0.29, 0.717) is 12.5 Å². The minimum Gasteiger partial charge on any atom is -0.379 e. The lowest BCUT2D eigenvalue weighted by Gasteiger charge is -2.37. The van der Waals surface area contributed by atoms with E-state index < -0.39 is 0 Å². The third kappa shape index (κ3) is 3.09. The molecule has 2 saturated heterocycles. The first kappa shape index (κ1) is 14.1. The minimum absolute atomic E-state index is 0.205. The molecule has 2 atom stereocenters. The van der Waals surface area contributed by atoms with Crippen LogP contribution in [0.4, 0.5) is 5.69 Å². The van der Waals surface area contributed by atoms with Gasteiger partial charge in [0.15, 0.2) is 0 Å². The van der Waals surface area contributed by atoms with Crippen LogP contribution in [0.2, 0.25) is 5.02 Å². The molecule has 110 valence electrons. The molecule has 2 heterocycles. The van der Waals surface area contributed by atoms with Crippen LogP contribution in [0.25, 0.3) is 0 Å². The summed E-state index contributed by atoms with van der Waals surface area (Å²) in [7, 11) is 0. The van der Waals surface area contributed by atoms with Crippen molar-refractivity contribution in [1.82, 2.24) is 4.90 Å². The molecule has 2 unspecified atom stereocenters. The van der Waals surface area contributed by atoms with E-state index in [1.54, 1.807) is 0 Å². The van der Waals surface area contributed by atoms with Crippen molar-refractivity contribution in [3.8, 4) is 0 Å². The summed E-state index contributed by atoms with van der Waals surface area (Å²) < 4.78 is 5.44. The van der Waals surface area contributed by atoms with Crippen LogP contribution in [0.1, 0.15) is 0 Å². The summed E-state index contributed by atoms with van der Waals surface area (Å²) in [6, 6.07) is 8.28. The van der Waals surface area contributed by atoms with Gasteiger partial charge < -0.3 is 15.4 Å². The smallest absolute Gasteiger partial charge is 0.0639 e. The molecule has 20 heavy (non-hydrogen) atoms. The lowest BCUT2D eigenvalue weighted by Crippen LogP contribution is -2.49. The highest BCUT2D eigenvalue weighted by Gasteiger charge is 2.28. The third-order valence-corrected chi connectivity index (χ3v) is 4.63. The molecule has 3 rings (SSSR count). The maximum atomic E-state index is 6.26. The van der Waals surface area contributed by atoms with Crippen LogP contribution in [-0.2, 0) is 4.74 Å². The van der Waals surface area contributed by atoms with E-state index in [0.717, 1.165) is 50.0 Å². The molecule has 0 spiro atoms. The van der Waals surface area contributed by atoms with Crippen LogP contribution in [0.3, 0.4) is 0 Å². The largest absolute Gasteiger partial charge is 0.379 e. The summed E-state index contributed by atoms with van der Waals surface area (Å²) in [4.78, 5) is 4.86. The van der Waals surface area contributed by atoms with E-state index >= 15 is 0 Å². The number of halogens is 1. The zero-order valence-corrected chi connectivity index (χ0v) is 12.4. The molecular formula is C15H22ClN3O. The molecule has 2 N–H and O–H groups in total. The standard InChI is InChI=1S/C15H22ClN3O/c16-13-3-1-2-4-15(13)19-7-5-18(6-8-19)9-12-10-20-11-14(12)17/h1-4,12,14H,5-11,17H2. The lowest BCUT2D eigenvalue weighted by molar-refractivity contribution is 0.164. The van der Waals surface area contributed by atoms with Crippen LogP contribution >= 0.6 is 11.6 Å². The average molecular weight is 296 g/mol. The number of piperazine rings is 1. The molecule has 0 saturated carbocycles. The van der Waals surface area contributed by atoms with Gasteiger partial charge >= 0.3 is 0 Å². The fourth-order valence-corrected chi connectivity index (χ4v) is 3.27. The molecule has 2 aliphatic rings. The summed E-state index contributed by atoms with van der Waals surface area (Å²) >= 11 is 6.26. The summed E-state index contributed by atoms with van der Waals surface area (Å²) in [5, 5.41) is 0.840. The Balaban J connectivity index is 1.53. The second-order valence-electron chi connectivity index (χ2n) is 5.70. The maximum absolute atomic E-state index is 6.26. The number of nitrogens with zero attached hydrogens (tertiary/aromatic N) is 2. The van der Waals surface area contributed by atoms with Crippen LogP contribution in [0, 0.1) is 5.92 Å². The molecule has 0 amide bonds. The van der Waals surface area contributed by atoms with E-state index in [2.05, 4.69) is 15.9 Å². The zero-order valence-electron chi connectivity index (χ0n) is 11.7. The van der Waals surface area contributed by atoms with Gasteiger partial charge in [0.1, 0.15) is 0 Å². The summed E-state index contributed by atoms with van der Waals surface area (Å²) in [6.45, 7) is 6.75. The first-order valence-electron chi connectivity index (χ1n) is 7.29. The Labute approximate surface area is 125 Å². The first-order valence-corrected chi connectivity index (χ1v) is 7.67. The lowest BCUT2D eigenvalue weighted by atomic mass is 10.0. The highest BCUT2D eigenvalue weighted by molar-refractivity contribution is 6.33. The quantitative estimate of drug-likeness (QED) is 0.916. The van der Waals surface area contributed by atoms with Gasteiger partial charge in [0, 0.05) is 44.7 Å². The first-order chi connectivity index (χ1) is 9.74. The van der Waals surface area contributed by atoms with Crippen molar-refractivity contribution in [2.75, 3.05) is 50.8 Å². The molecule has 2 fully saturated rings. The molecular weight excluding hydrogens is 274 g/mol. The third-order valence-electron chi connectivity index (χ3n) is 4.31. The highest BCUT2D eigenvalue weighted by Crippen LogP contribution is 2.26. The second-order valence-corrected chi connectivity index (χ2v) is 6.11. The van der Waals surface area contributed by atoms with Gasteiger partial charge in [-0.3, -0.25) is 4.90 Å². The van der Waals surface area contributed by atoms with Gasteiger partial charge in [-0.2, -0.15) is 0 Å². The van der Waals surface area contributed by atoms with Gasteiger partial charge in [0.05, 0.1) is 23.9 Å². The van der Waals surface area contributed by atoms with Crippen molar-refractivity contribution in [2.24, 2.45) is 11.7 Å². The van der Waals surface area contributed by atoms with Crippen LogP contribution in [0.15, 0.2) is 24.3 Å². The monoisotopic (exact) mass is 295 g/mol. The number of para-hydroxylation sites is 1. The van der Waals surface area contributed by atoms with Gasteiger partial charge in [0.25, 0.3) is 0 Å². The number of rotatable bonds is 3. The van der Waals surface area contributed by atoms with Gasteiger partial charge in [0.2, 0.25) is 0 Å². The SMILES string of the molecule is NC1COCC1CN1CCN(c2ccccc2Cl)CC1. The topological polar surface area (TPSA) is 41.7 Å². The maximum Gasteiger partial charge on any atom is 0.0639 e. The van der Waals surface area contributed by atoms with Gasteiger partial charge in [-0.25, -0.2) is 0 Å². The van der Waals surface area contributed by atoms with E-state index in [1.165, 1.54) is 0 Å². The van der Waals surface area contributed by atoms with Crippen molar-refractivity contribution in [3.05, 3.63) is 29.3 Å². The van der Waals surface area contributed by atoms with Gasteiger partial charge in [-0.1, -0.05) is 23.7 Å². The van der Waals surface area contributed by atoms with Gasteiger partial charge in [-0.05, 0) is 12.1 Å². The predicted octanol–water partition coefficient (Wildman–Crippen LogP) is 1.44. The van der Waals surface area contributed by atoms with Crippen molar-refractivity contribution in [1.29, 1.82) is 0 Å². The summed E-state index contributed by atoms with van der Waals surface area (Å²) in [5.74, 6) is 0.488. The fourth-order valence-electron chi connectivity index (χ4n) is 3.01. The Hall–Kier alpha value is -0.810. The molecule has 1 aromatic carbocycles. The molecule has 5 heteroatoms. The Kier molecular flexibility index (Phi) is 4.46. The molecule has 4 nitrogen and oxygen atoms in total. The molecule has 0 aromatic heterocycles. The van der Waals surface area contributed by atoms with Crippen LogP contribution in [0.5, 0.6) is 0 Å². The number of ether oxygens (including phenoxy) is 1. The van der Waals surface area contributed by atoms with E-state index in [9.17, 15) is 0 Å². The normalized spacial score (nSPS) is 28.0. The molecule has 0 radical (unpaired) electrons. The van der Waals surface area contributed by atoms with E-state index in [1.807, 2.05) is 18.2 Å². The fraction of sp³-hybridized carbons (Fsp3) is 0.600. The number of hydrogen-bond acceptors (Lipinski definition) is 4. The minimum atomic E-state index is 0.205. The number of benzene rings is 1. The Bertz CT molecular complexity index is 448. The number of anilines is 1. The molecule has 2 aliphatic heterocycles. The average Bonchev–Trinajstić information content (AvgIpc) is 2.86. The highest BCUT2D eigenvalue weighted by atomic mass is 35.5. The molecule has 1 aromatic rings. The summed E-state index contributed by atoms with van der Waals surface area (Å²) in [5.41, 5.74) is 7.20. The second kappa shape index (κ2) is 6.31. The predicted molar refractivity (Wildman–Crippen MR) is 82.4 cm³/mol. The van der Waals surface area contributed by atoms with E-state index in [-0.39, 0.29) is 6.04 Å². The Morgan fingerprint density at radius 1 is 1.15 bits per heavy atom. The van der Waals surface area contributed by atoms with Crippen molar-refractivity contribution in [2.45, 2.75) is 6.04 Å². The molecule has 0 bridgehead atoms. The number of hydrogen-bond donors (Lipinski definition) is 1. The van der Waals surface area contributed by atoms with Crippen molar-refractivity contribution < 1.29 is 4.74 Å². The van der Waals surface area contributed by atoms with Crippen LogP contribution < -0.4 is 10.6 Å². The van der Waals surface area contributed by atoms with Crippen molar-refractivity contribution >= 4 is 17.3 Å². The Morgan fingerprint density at radius 2 is 1.90 bits per heavy atom. The molecule has 0 aliphatic carbocycles. The Morgan fingerprint density at radius 3 is 2.55 bits per heavy atom. The van der Waals surface area contributed by atoms with Gasteiger partial charge in [-0.15, -0.1) is 0 Å². The summed E-state index contributed by atoms with van der Waals surface area (Å²) in [6.07, 6.45) is 0. The number of nitrogens with two attached hydrogens (primary N) is 1.